The lowest BCUT2D eigenvalue weighted by Crippen LogP contribution is -2.42. The summed E-state index contributed by atoms with van der Waals surface area (Å²) in [6.07, 6.45) is 2.18. The van der Waals surface area contributed by atoms with Crippen molar-refractivity contribution in [1.29, 1.82) is 0 Å². The van der Waals surface area contributed by atoms with E-state index in [1.165, 1.54) is 6.42 Å². The van der Waals surface area contributed by atoms with E-state index in [1.54, 1.807) is 0 Å². The van der Waals surface area contributed by atoms with Gasteiger partial charge in [-0.1, -0.05) is 5.16 Å². The Kier molecular flexibility index (Phi) is 3.81. The Hall–Kier alpha value is -0.980. The van der Waals surface area contributed by atoms with Crippen LogP contribution in [0.5, 0.6) is 0 Å². The topological polar surface area (TPSA) is 63.4 Å². The van der Waals surface area contributed by atoms with Gasteiger partial charge in [0.1, 0.15) is 6.10 Å². The molecule has 0 bridgehead atoms. The first kappa shape index (κ1) is 13.0. The molecule has 0 saturated carbocycles. The summed E-state index contributed by atoms with van der Waals surface area (Å²) in [6.45, 7) is 7.98. The summed E-state index contributed by atoms with van der Waals surface area (Å²) in [4.78, 5) is 6.90. The van der Waals surface area contributed by atoms with Crippen LogP contribution in [0.2, 0.25) is 0 Å². The number of nitrogens with zero attached hydrogens (tertiary/aromatic N) is 3. The molecule has 2 fully saturated rings. The number of hydrogen-bond donors (Lipinski definition) is 1. The Balaban J connectivity index is 1.68. The van der Waals surface area contributed by atoms with Crippen LogP contribution in [-0.2, 0) is 4.74 Å². The minimum atomic E-state index is -0.0601. The number of hydrogen-bond acceptors (Lipinski definition) is 6. The molecule has 2 aliphatic heterocycles. The van der Waals surface area contributed by atoms with Crippen molar-refractivity contribution in [1.82, 2.24) is 20.4 Å². The molecule has 19 heavy (non-hydrogen) atoms. The Bertz CT molecular complexity index is 415. The first-order valence-electron chi connectivity index (χ1n) is 7.16. The molecule has 6 nitrogen and oxygen atoms in total. The zero-order chi connectivity index (χ0) is 13.2. The van der Waals surface area contributed by atoms with E-state index in [-0.39, 0.29) is 12.1 Å². The summed E-state index contributed by atoms with van der Waals surface area (Å²) in [5.74, 6) is 1.40. The van der Waals surface area contributed by atoms with Crippen LogP contribution in [0.15, 0.2) is 4.52 Å². The molecule has 3 rings (SSSR count). The molecule has 106 valence electrons. The normalized spacial score (nSPS) is 29.2. The van der Waals surface area contributed by atoms with Gasteiger partial charge >= 0.3 is 0 Å². The summed E-state index contributed by atoms with van der Waals surface area (Å²) in [5.41, 5.74) is 0. The maximum Gasteiger partial charge on any atom is 0.243 e. The highest BCUT2D eigenvalue weighted by atomic mass is 16.5. The molecule has 2 atom stereocenters. The monoisotopic (exact) mass is 266 g/mol. The molecule has 3 heterocycles. The van der Waals surface area contributed by atoms with E-state index >= 15 is 0 Å². The van der Waals surface area contributed by atoms with Crippen molar-refractivity contribution < 1.29 is 9.26 Å². The molecule has 0 aliphatic carbocycles. The van der Waals surface area contributed by atoms with Gasteiger partial charge in [-0.15, -0.1) is 0 Å². The molecule has 1 aromatic heterocycles. The van der Waals surface area contributed by atoms with Crippen molar-refractivity contribution in [2.75, 3.05) is 26.2 Å². The van der Waals surface area contributed by atoms with Crippen molar-refractivity contribution in [2.24, 2.45) is 0 Å². The Morgan fingerprint density at radius 2 is 2.32 bits per heavy atom. The van der Waals surface area contributed by atoms with Crippen LogP contribution < -0.4 is 5.32 Å². The average Bonchev–Trinajstić information content (AvgIpc) is 3.09. The smallest absolute Gasteiger partial charge is 0.243 e. The fraction of sp³-hybridized carbons (Fsp3) is 0.846. The molecule has 2 aliphatic rings. The zero-order valence-electron chi connectivity index (χ0n) is 11.6. The number of nitrogens with one attached hydrogen (secondary N) is 1. The van der Waals surface area contributed by atoms with Crippen LogP contribution in [0, 0.1) is 0 Å². The summed E-state index contributed by atoms with van der Waals surface area (Å²) in [6, 6.07) is 0.750. The summed E-state index contributed by atoms with van der Waals surface area (Å²) in [7, 11) is 0. The number of rotatable bonds is 3. The molecular weight excluding hydrogens is 244 g/mol. The molecule has 2 saturated heterocycles. The van der Waals surface area contributed by atoms with Crippen LogP contribution in [0.4, 0.5) is 0 Å². The largest absolute Gasteiger partial charge is 0.367 e. The molecule has 0 aromatic carbocycles. The molecule has 0 radical (unpaired) electrons. The van der Waals surface area contributed by atoms with Gasteiger partial charge in [-0.2, -0.15) is 4.98 Å². The highest BCUT2D eigenvalue weighted by Gasteiger charge is 2.29. The maximum absolute atomic E-state index is 5.77. The quantitative estimate of drug-likeness (QED) is 0.889. The molecule has 1 N–H and O–H groups in total. The van der Waals surface area contributed by atoms with Crippen LogP contribution in [0.1, 0.15) is 50.6 Å². The fourth-order valence-electron chi connectivity index (χ4n) is 2.71. The van der Waals surface area contributed by atoms with E-state index in [2.05, 4.69) is 34.2 Å². The third-order valence-electron chi connectivity index (χ3n) is 3.93. The minimum Gasteiger partial charge on any atom is -0.367 e. The van der Waals surface area contributed by atoms with Crippen molar-refractivity contribution in [3.8, 4) is 0 Å². The van der Waals surface area contributed by atoms with Gasteiger partial charge in [0.2, 0.25) is 11.7 Å². The van der Waals surface area contributed by atoms with Crippen molar-refractivity contribution in [2.45, 2.75) is 44.9 Å². The minimum absolute atomic E-state index is 0.0601. The second kappa shape index (κ2) is 5.56. The molecule has 1 aromatic rings. The highest BCUT2D eigenvalue weighted by Crippen LogP contribution is 2.25. The average molecular weight is 266 g/mol. The first-order valence-corrected chi connectivity index (χ1v) is 7.16. The molecule has 6 heteroatoms. The summed E-state index contributed by atoms with van der Waals surface area (Å²) >= 11 is 0. The molecule has 0 amide bonds. The molecule has 1 unspecified atom stereocenters. The Labute approximate surface area is 113 Å². The lowest BCUT2D eigenvalue weighted by atomic mass is 10.2. The van der Waals surface area contributed by atoms with E-state index in [0.717, 1.165) is 32.7 Å². The Morgan fingerprint density at radius 3 is 3.05 bits per heavy atom. The van der Waals surface area contributed by atoms with Crippen molar-refractivity contribution >= 4 is 0 Å². The molecular formula is C13H22N4O2. The van der Waals surface area contributed by atoms with E-state index in [4.69, 9.17) is 9.26 Å². The van der Waals surface area contributed by atoms with Crippen LogP contribution in [0.3, 0.4) is 0 Å². The van der Waals surface area contributed by atoms with E-state index in [1.807, 2.05) is 0 Å². The van der Waals surface area contributed by atoms with Crippen LogP contribution in [-0.4, -0.2) is 47.3 Å². The third kappa shape index (κ3) is 2.80. The summed E-state index contributed by atoms with van der Waals surface area (Å²) in [5, 5.41) is 7.47. The van der Waals surface area contributed by atoms with Gasteiger partial charge in [-0.3, -0.25) is 4.90 Å². The van der Waals surface area contributed by atoms with Gasteiger partial charge in [0.05, 0.1) is 12.6 Å². The number of ether oxygens (including phenoxy) is 1. The Morgan fingerprint density at radius 1 is 1.42 bits per heavy atom. The molecule has 0 spiro atoms. The van der Waals surface area contributed by atoms with Crippen LogP contribution in [0.25, 0.3) is 0 Å². The lowest BCUT2D eigenvalue weighted by molar-refractivity contribution is -0.0450. The van der Waals surface area contributed by atoms with Gasteiger partial charge in [-0.05, 0) is 33.2 Å². The van der Waals surface area contributed by atoms with Crippen molar-refractivity contribution in [3.05, 3.63) is 11.7 Å². The first-order chi connectivity index (χ1) is 9.24. The predicted molar refractivity (Wildman–Crippen MR) is 69.7 cm³/mol. The number of morpholine rings is 1. The lowest BCUT2D eigenvalue weighted by Gasteiger charge is -2.34. The fourth-order valence-corrected chi connectivity index (χ4v) is 2.71. The van der Waals surface area contributed by atoms with Crippen LogP contribution >= 0.6 is 0 Å². The standard InChI is InChI=1S/C13H22N4O2/c1-9(2)17-6-7-18-11(8-17)12-15-13(19-16-12)10-4-3-5-14-10/h9-11,14H,3-8H2,1-2H3/t10-,11?/m1/s1. The van der Waals surface area contributed by atoms with Gasteiger partial charge in [0.25, 0.3) is 0 Å². The van der Waals surface area contributed by atoms with Gasteiger partial charge in [0.15, 0.2) is 0 Å². The van der Waals surface area contributed by atoms with Gasteiger partial charge in [-0.25, -0.2) is 0 Å². The van der Waals surface area contributed by atoms with Crippen molar-refractivity contribution in [3.63, 3.8) is 0 Å². The zero-order valence-corrected chi connectivity index (χ0v) is 11.6. The van der Waals surface area contributed by atoms with E-state index in [0.29, 0.717) is 17.8 Å². The van der Waals surface area contributed by atoms with E-state index < -0.39 is 0 Å². The third-order valence-corrected chi connectivity index (χ3v) is 3.93. The highest BCUT2D eigenvalue weighted by molar-refractivity contribution is 4.99. The van der Waals surface area contributed by atoms with E-state index in [9.17, 15) is 0 Å². The predicted octanol–water partition coefficient (Wildman–Crippen LogP) is 1.28. The maximum atomic E-state index is 5.77. The SMILES string of the molecule is CC(C)N1CCOC(c2noc([C@H]3CCCN3)n2)C1. The summed E-state index contributed by atoms with van der Waals surface area (Å²) < 4.78 is 11.1. The van der Waals surface area contributed by atoms with Gasteiger partial charge in [0, 0.05) is 19.1 Å². The second-order valence-electron chi connectivity index (χ2n) is 5.59. The van der Waals surface area contributed by atoms with Gasteiger partial charge < -0.3 is 14.6 Å². The second-order valence-corrected chi connectivity index (χ2v) is 5.59. The number of aromatic nitrogens is 2.